The molecule has 0 N–H and O–H groups in total. The van der Waals surface area contributed by atoms with Gasteiger partial charge >= 0.3 is 0 Å². The summed E-state index contributed by atoms with van der Waals surface area (Å²) < 4.78 is 38.7. The van der Waals surface area contributed by atoms with E-state index in [1.54, 1.807) is 33.4 Å². The van der Waals surface area contributed by atoms with Crippen LogP contribution in [0.15, 0.2) is 91.3 Å². The third-order valence-electron chi connectivity index (χ3n) is 9.60. The Bertz CT molecular complexity index is 1980. The van der Waals surface area contributed by atoms with E-state index < -0.39 is 11.6 Å². The Balaban J connectivity index is 1.18. The lowest BCUT2D eigenvalue weighted by molar-refractivity contribution is 0.101. The molecule has 0 amide bonds. The number of methoxy groups -OCH3 is 2. The molecule has 3 heterocycles. The second-order valence-electron chi connectivity index (χ2n) is 13.1. The Morgan fingerprint density at radius 2 is 1.51 bits per heavy atom. The van der Waals surface area contributed by atoms with E-state index in [1.165, 1.54) is 11.6 Å². The summed E-state index contributed by atoms with van der Waals surface area (Å²) in [6, 6.07) is 24.4. The van der Waals surface area contributed by atoms with E-state index >= 15 is 0 Å². The van der Waals surface area contributed by atoms with Gasteiger partial charge in [0, 0.05) is 61.4 Å². The fourth-order valence-corrected chi connectivity index (χ4v) is 7.01. The molecule has 5 aromatic rings. The Morgan fingerprint density at radius 3 is 2.16 bits per heavy atom. The number of ether oxygens (including phenoxy) is 2. The molecule has 1 aliphatic rings. The first-order valence-electron chi connectivity index (χ1n) is 17.5. The number of benzene rings is 3. The van der Waals surface area contributed by atoms with Crippen molar-refractivity contribution in [3.8, 4) is 34.0 Å². The van der Waals surface area contributed by atoms with Gasteiger partial charge in [0.15, 0.2) is 17.4 Å². The smallest absolute Gasteiger partial charge is 0.163 e. The molecule has 0 bridgehead atoms. The van der Waals surface area contributed by atoms with Crippen LogP contribution in [0.4, 0.5) is 14.5 Å². The van der Waals surface area contributed by atoms with Crippen molar-refractivity contribution >= 4 is 11.5 Å². The van der Waals surface area contributed by atoms with E-state index in [0.29, 0.717) is 29.1 Å². The quantitative estimate of drug-likeness (QED) is 0.114. The van der Waals surface area contributed by atoms with Gasteiger partial charge in [0.1, 0.15) is 11.5 Å². The van der Waals surface area contributed by atoms with Crippen molar-refractivity contribution in [3.05, 3.63) is 125 Å². The zero-order valence-corrected chi connectivity index (χ0v) is 29.7. The molecule has 0 unspecified atom stereocenters. The number of aryl methyl sites for hydroxylation is 1. The number of carbonyl (C=O) groups excluding carboxylic acids is 1. The van der Waals surface area contributed by atoms with Crippen LogP contribution in [-0.2, 0) is 19.5 Å². The molecule has 9 heteroatoms. The van der Waals surface area contributed by atoms with E-state index in [2.05, 4.69) is 52.0 Å². The average Bonchev–Trinajstić information content (AvgIpc) is 3.15. The standard InChI is InChI=1S/C42H44F2N4O3/c1-5-6-32-23-33(25-41(51-4)42(32)28(2)49)40-21-29(13-17-46-40)26-47-19-15-35(16-20-47)48(34-8-10-36(50-3)11-9-34)27-30-14-18-45-39(22-30)31-7-12-37(43)38(44)24-31/h7-14,17-18,21-25,35H,5-6,15-16,19-20,26-27H2,1-4H3. The molecular formula is C42H44F2N4O3. The second-order valence-corrected chi connectivity index (χ2v) is 13.1. The number of likely N-dealkylation sites (tertiary alicyclic amines) is 1. The predicted octanol–water partition coefficient (Wildman–Crippen LogP) is 8.93. The molecule has 0 spiro atoms. The number of nitrogens with zero attached hydrogens (tertiary/aromatic N) is 4. The van der Waals surface area contributed by atoms with Crippen molar-refractivity contribution in [2.24, 2.45) is 0 Å². The number of pyridine rings is 2. The molecule has 1 saturated heterocycles. The highest BCUT2D eigenvalue weighted by atomic mass is 19.2. The summed E-state index contributed by atoms with van der Waals surface area (Å²) >= 11 is 0. The van der Waals surface area contributed by atoms with Crippen molar-refractivity contribution < 1.29 is 23.0 Å². The summed E-state index contributed by atoms with van der Waals surface area (Å²) in [5.74, 6) is -0.377. The Morgan fingerprint density at radius 1 is 0.824 bits per heavy atom. The number of ketones is 1. The van der Waals surface area contributed by atoms with Gasteiger partial charge in [-0.2, -0.15) is 0 Å². The maximum absolute atomic E-state index is 14.0. The number of hydrogen-bond donors (Lipinski definition) is 0. The Hall–Kier alpha value is -5.15. The monoisotopic (exact) mass is 690 g/mol. The highest BCUT2D eigenvalue weighted by Gasteiger charge is 2.26. The lowest BCUT2D eigenvalue weighted by Crippen LogP contribution is -2.44. The summed E-state index contributed by atoms with van der Waals surface area (Å²) in [6.07, 6.45) is 7.23. The molecule has 264 valence electrons. The number of Topliss-reactive ketones (excluding diaryl/α,β-unsaturated/α-hetero) is 1. The maximum Gasteiger partial charge on any atom is 0.163 e. The minimum Gasteiger partial charge on any atom is -0.497 e. The molecule has 6 rings (SSSR count). The van der Waals surface area contributed by atoms with Crippen molar-refractivity contribution in [1.29, 1.82) is 0 Å². The van der Waals surface area contributed by atoms with Crippen LogP contribution in [-0.4, -0.2) is 54.0 Å². The molecule has 2 aromatic heterocycles. The molecule has 0 atom stereocenters. The third kappa shape index (κ3) is 8.43. The van der Waals surface area contributed by atoms with Crippen molar-refractivity contribution in [1.82, 2.24) is 14.9 Å². The molecule has 1 fully saturated rings. The molecule has 0 radical (unpaired) electrons. The van der Waals surface area contributed by atoms with Crippen LogP contribution in [0.2, 0.25) is 0 Å². The first-order valence-corrected chi connectivity index (χ1v) is 17.5. The van der Waals surface area contributed by atoms with Gasteiger partial charge < -0.3 is 14.4 Å². The van der Waals surface area contributed by atoms with Gasteiger partial charge in [-0.3, -0.25) is 19.7 Å². The number of piperidine rings is 1. The predicted molar refractivity (Wildman–Crippen MR) is 197 cm³/mol. The molecule has 51 heavy (non-hydrogen) atoms. The molecule has 1 aliphatic heterocycles. The molecule has 0 saturated carbocycles. The minimum atomic E-state index is -0.890. The van der Waals surface area contributed by atoms with E-state index in [1.807, 2.05) is 36.5 Å². The van der Waals surface area contributed by atoms with Crippen LogP contribution in [0.5, 0.6) is 11.5 Å². The zero-order chi connectivity index (χ0) is 35.9. The normalized spacial score (nSPS) is 13.6. The highest BCUT2D eigenvalue weighted by molar-refractivity contribution is 5.99. The number of aromatic nitrogens is 2. The van der Waals surface area contributed by atoms with Crippen LogP contribution in [0.3, 0.4) is 0 Å². The van der Waals surface area contributed by atoms with E-state index in [9.17, 15) is 13.6 Å². The number of hydrogen-bond acceptors (Lipinski definition) is 7. The fourth-order valence-electron chi connectivity index (χ4n) is 7.01. The largest absolute Gasteiger partial charge is 0.497 e. The number of rotatable bonds is 13. The van der Waals surface area contributed by atoms with Gasteiger partial charge in [-0.1, -0.05) is 13.3 Å². The van der Waals surface area contributed by atoms with Crippen LogP contribution >= 0.6 is 0 Å². The van der Waals surface area contributed by atoms with Gasteiger partial charge in [0.05, 0.1) is 31.2 Å². The highest BCUT2D eigenvalue weighted by Crippen LogP contribution is 2.33. The topological polar surface area (TPSA) is 67.8 Å². The number of anilines is 1. The van der Waals surface area contributed by atoms with E-state index in [4.69, 9.17) is 14.5 Å². The van der Waals surface area contributed by atoms with Gasteiger partial charge in [-0.25, -0.2) is 8.78 Å². The van der Waals surface area contributed by atoms with Gasteiger partial charge in [-0.05, 0) is 122 Å². The second kappa shape index (κ2) is 16.2. The van der Waals surface area contributed by atoms with Gasteiger partial charge in [-0.15, -0.1) is 0 Å². The third-order valence-corrected chi connectivity index (χ3v) is 9.60. The number of halogens is 2. The Kier molecular flexibility index (Phi) is 11.4. The summed E-state index contributed by atoms with van der Waals surface area (Å²) in [5, 5.41) is 0. The molecule has 0 aliphatic carbocycles. The Labute approximate surface area is 298 Å². The lowest BCUT2D eigenvalue weighted by atomic mass is 9.95. The van der Waals surface area contributed by atoms with Crippen LogP contribution < -0.4 is 14.4 Å². The van der Waals surface area contributed by atoms with E-state index in [0.717, 1.165) is 85.2 Å². The molecule has 7 nitrogen and oxygen atoms in total. The van der Waals surface area contributed by atoms with E-state index in [-0.39, 0.29) is 11.8 Å². The van der Waals surface area contributed by atoms with Crippen molar-refractivity contribution in [3.63, 3.8) is 0 Å². The summed E-state index contributed by atoms with van der Waals surface area (Å²) in [4.78, 5) is 26.5. The SMILES string of the molecule is CCCc1cc(-c2cc(CN3CCC(N(Cc4ccnc(-c5ccc(F)c(F)c5)c4)c4ccc(OC)cc4)CC3)ccn2)cc(OC)c1C(C)=O. The van der Waals surface area contributed by atoms with Crippen LogP contribution in [0, 0.1) is 11.6 Å². The summed E-state index contributed by atoms with van der Waals surface area (Å²) in [6.45, 7) is 6.98. The average molecular weight is 691 g/mol. The van der Waals surface area contributed by atoms with Gasteiger partial charge in [0.2, 0.25) is 0 Å². The number of carbonyl (C=O) groups is 1. The van der Waals surface area contributed by atoms with Crippen LogP contribution in [0.25, 0.3) is 22.5 Å². The summed E-state index contributed by atoms with van der Waals surface area (Å²) in [7, 11) is 3.27. The fraction of sp³-hybridized carbons (Fsp3) is 0.310. The summed E-state index contributed by atoms with van der Waals surface area (Å²) in [5.41, 5.74) is 7.88. The first-order chi connectivity index (χ1) is 24.8. The first kappa shape index (κ1) is 35.7. The van der Waals surface area contributed by atoms with Crippen molar-refractivity contribution in [2.75, 3.05) is 32.2 Å². The minimum absolute atomic E-state index is 0.00438. The zero-order valence-electron chi connectivity index (χ0n) is 29.7. The molecule has 3 aromatic carbocycles. The maximum atomic E-state index is 14.0. The van der Waals surface area contributed by atoms with Gasteiger partial charge in [0.25, 0.3) is 0 Å². The molecular weight excluding hydrogens is 646 g/mol. The van der Waals surface area contributed by atoms with Crippen LogP contribution in [0.1, 0.15) is 60.2 Å². The van der Waals surface area contributed by atoms with Crippen molar-refractivity contribution in [2.45, 2.75) is 58.7 Å². The lowest BCUT2D eigenvalue weighted by Gasteiger charge is -2.40.